The maximum Gasteiger partial charge on any atom is 0.123 e. The molecule has 0 amide bonds. The van der Waals surface area contributed by atoms with Crippen molar-refractivity contribution in [3.8, 4) is 0 Å². The zero-order chi connectivity index (χ0) is 13.0. The first-order valence-corrected chi connectivity index (χ1v) is 6.03. The summed E-state index contributed by atoms with van der Waals surface area (Å²) in [4.78, 5) is 0. The van der Waals surface area contributed by atoms with E-state index in [-0.39, 0.29) is 11.9 Å². The van der Waals surface area contributed by atoms with E-state index in [0.717, 1.165) is 24.2 Å². The Hall–Kier alpha value is -1.75. The molecule has 1 unspecified atom stereocenters. The van der Waals surface area contributed by atoms with Crippen molar-refractivity contribution in [3.05, 3.63) is 47.5 Å². The van der Waals surface area contributed by atoms with Crippen molar-refractivity contribution in [2.45, 2.75) is 19.4 Å². The van der Waals surface area contributed by atoms with Crippen molar-refractivity contribution in [1.82, 2.24) is 20.3 Å². The number of benzene rings is 1. The molecule has 0 radical (unpaired) electrons. The predicted octanol–water partition coefficient (Wildman–Crippen LogP) is 1.85. The standard InChI is InChI=1S/C13H17FN4/c1-3-15-13(8-12-9-18(2)17-16-12)10-4-6-11(14)7-5-10/h4-7,9,13,15H,3,8H2,1-2H3. The van der Waals surface area contributed by atoms with Crippen LogP contribution in [0.1, 0.15) is 24.2 Å². The molecule has 4 nitrogen and oxygen atoms in total. The zero-order valence-corrected chi connectivity index (χ0v) is 10.6. The lowest BCUT2D eigenvalue weighted by atomic mass is 10.0. The van der Waals surface area contributed by atoms with Gasteiger partial charge in [0.25, 0.3) is 0 Å². The largest absolute Gasteiger partial charge is 0.310 e. The molecule has 2 aromatic rings. The third kappa shape index (κ3) is 3.13. The zero-order valence-electron chi connectivity index (χ0n) is 10.6. The molecular weight excluding hydrogens is 231 g/mol. The number of halogens is 1. The topological polar surface area (TPSA) is 42.7 Å². The Morgan fingerprint density at radius 1 is 1.33 bits per heavy atom. The highest BCUT2D eigenvalue weighted by Gasteiger charge is 2.13. The van der Waals surface area contributed by atoms with Gasteiger partial charge >= 0.3 is 0 Å². The molecule has 1 aromatic carbocycles. The van der Waals surface area contributed by atoms with Crippen LogP contribution >= 0.6 is 0 Å². The van der Waals surface area contributed by atoms with Crippen molar-refractivity contribution in [2.24, 2.45) is 7.05 Å². The van der Waals surface area contributed by atoms with Crippen molar-refractivity contribution < 1.29 is 4.39 Å². The van der Waals surface area contributed by atoms with Gasteiger partial charge in [-0.25, -0.2) is 4.39 Å². The van der Waals surface area contributed by atoms with Crippen LogP contribution in [0.3, 0.4) is 0 Å². The Kier molecular flexibility index (Phi) is 4.04. The number of nitrogens with one attached hydrogen (secondary N) is 1. The van der Waals surface area contributed by atoms with E-state index in [1.54, 1.807) is 16.8 Å². The van der Waals surface area contributed by atoms with Gasteiger partial charge in [-0.1, -0.05) is 24.3 Å². The van der Waals surface area contributed by atoms with Crippen molar-refractivity contribution in [1.29, 1.82) is 0 Å². The number of rotatable bonds is 5. The van der Waals surface area contributed by atoms with Gasteiger partial charge in [-0.15, -0.1) is 5.10 Å². The van der Waals surface area contributed by atoms with Crippen LogP contribution in [0.5, 0.6) is 0 Å². The van der Waals surface area contributed by atoms with Gasteiger partial charge in [0.2, 0.25) is 0 Å². The lowest BCUT2D eigenvalue weighted by Crippen LogP contribution is -2.23. The first kappa shape index (κ1) is 12.7. The Balaban J connectivity index is 2.14. The van der Waals surface area contributed by atoms with Crippen LogP contribution in [0, 0.1) is 5.82 Å². The Labute approximate surface area is 106 Å². The van der Waals surface area contributed by atoms with E-state index in [1.165, 1.54) is 12.1 Å². The van der Waals surface area contributed by atoms with E-state index in [9.17, 15) is 4.39 Å². The molecule has 0 spiro atoms. The molecule has 1 N–H and O–H groups in total. The molecule has 18 heavy (non-hydrogen) atoms. The van der Waals surface area contributed by atoms with Crippen LogP contribution < -0.4 is 5.32 Å². The fourth-order valence-electron chi connectivity index (χ4n) is 1.95. The molecule has 0 bridgehead atoms. The van der Waals surface area contributed by atoms with Crippen LogP contribution in [-0.2, 0) is 13.5 Å². The fraction of sp³-hybridized carbons (Fsp3) is 0.385. The summed E-state index contributed by atoms with van der Waals surface area (Å²) in [6, 6.07) is 6.71. The molecule has 0 fully saturated rings. The second kappa shape index (κ2) is 5.73. The molecule has 0 aliphatic rings. The highest BCUT2D eigenvalue weighted by Crippen LogP contribution is 2.17. The van der Waals surface area contributed by atoms with Gasteiger partial charge in [0.05, 0.1) is 5.69 Å². The maximum absolute atomic E-state index is 12.9. The minimum atomic E-state index is -0.214. The second-order valence-corrected chi connectivity index (χ2v) is 4.25. The highest BCUT2D eigenvalue weighted by atomic mass is 19.1. The Bertz CT molecular complexity index is 492. The summed E-state index contributed by atoms with van der Waals surface area (Å²) in [5.41, 5.74) is 1.98. The van der Waals surface area contributed by atoms with Gasteiger partial charge in [-0.2, -0.15) is 0 Å². The molecule has 1 aromatic heterocycles. The van der Waals surface area contributed by atoms with Gasteiger partial charge in [-0.05, 0) is 24.2 Å². The molecule has 5 heteroatoms. The van der Waals surface area contributed by atoms with Crippen LogP contribution in [0.2, 0.25) is 0 Å². The molecule has 0 saturated heterocycles. The van der Waals surface area contributed by atoms with Crippen molar-refractivity contribution in [2.75, 3.05) is 6.54 Å². The number of hydrogen-bond donors (Lipinski definition) is 1. The van der Waals surface area contributed by atoms with Crippen molar-refractivity contribution >= 4 is 0 Å². The number of aryl methyl sites for hydroxylation is 1. The van der Waals surface area contributed by atoms with Crippen LogP contribution in [-0.4, -0.2) is 21.5 Å². The third-order valence-corrected chi connectivity index (χ3v) is 2.79. The summed E-state index contributed by atoms with van der Waals surface area (Å²) in [5.74, 6) is -0.214. The van der Waals surface area contributed by atoms with Gasteiger partial charge in [-0.3, -0.25) is 4.68 Å². The fourth-order valence-corrected chi connectivity index (χ4v) is 1.95. The molecule has 0 aliphatic heterocycles. The van der Waals surface area contributed by atoms with Gasteiger partial charge in [0.15, 0.2) is 0 Å². The predicted molar refractivity (Wildman–Crippen MR) is 67.5 cm³/mol. The average Bonchev–Trinajstić information content (AvgIpc) is 2.75. The Morgan fingerprint density at radius 2 is 2.06 bits per heavy atom. The monoisotopic (exact) mass is 248 g/mol. The van der Waals surface area contributed by atoms with Crippen LogP contribution in [0.25, 0.3) is 0 Å². The molecule has 2 rings (SSSR count). The number of nitrogens with zero attached hydrogens (tertiary/aromatic N) is 3. The smallest absolute Gasteiger partial charge is 0.123 e. The molecule has 96 valence electrons. The Morgan fingerprint density at radius 3 is 2.61 bits per heavy atom. The minimum Gasteiger partial charge on any atom is -0.310 e. The second-order valence-electron chi connectivity index (χ2n) is 4.25. The number of aromatic nitrogens is 3. The quantitative estimate of drug-likeness (QED) is 0.878. The number of hydrogen-bond acceptors (Lipinski definition) is 3. The first-order chi connectivity index (χ1) is 8.69. The minimum absolute atomic E-state index is 0.132. The van der Waals surface area contributed by atoms with Gasteiger partial charge in [0, 0.05) is 25.7 Å². The average molecular weight is 248 g/mol. The van der Waals surface area contributed by atoms with E-state index >= 15 is 0 Å². The summed E-state index contributed by atoms with van der Waals surface area (Å²) in [6.45, 7) is 2.90. The summed E-state index contributed by atoms with van der Waals surface area (Å²) >= 11 is 0. The summed E-state index contributed by atoms with van der Waals surface area (Å²) in [7, 11) is 1.84. The SMILES string of the molecule is CCNC(Cc1cn(C)nn1)c1ccc(F)cc1. The van der Waals surface area contributed by atoms with E-state index in [0.29, 0.717) is 0 Å². The van der Waals surface area contributed by atoms with Crippen molar-refractivity contribution in [3.63, 3.8) is 0 Å². The summed E-state index contributed by atoms with van der Waals surface area (Å²) < 4.78 is 14.6. The molecule has 0 aliphatic carbocycles. The molecular formula is C13H17FN4. The normalized spacial score (nSPS) is 12.6. The van der Waals surface area contributed by atoms with Crippen LogP contribution in [0.15, 0.2) is 30.5 Å². The molecule has 1 heterocycles. The van der Waals surface area contributed by atoms with E-state index in [4.69, 9.17) is 0 Å². The molecule has 0 saturated carbocycles. The lowest BCUT2D eigenvalue weighted by molar-refractivity contribution is 0.541. The number of likely N-dealkylation sites (N-methyl/N-ethyl adjacent to an activating group) is 1. The first-order valence-electron chi connectivity index (χ1n) is 6.03. The van der Waals surface area contributed by atoms with Gasteiger partial charge < -0.3 is 5.32 Å². The van der Waals surface area contributed by atoms with E-state index in [1.807, 2.05) is 20.2 Å². The summed E-state index contributed by atoms with van der Waals surface area (Å²) in [6.07, 6.45) is 2.64. The molecule has 1 atom stereocenters. The lowest BCUT2D eigenvalue weighted by Gasteiger charge is -2.17. The highest BCUT2D eigenvalue weighted by molar-refractivity contribution is 5.21. The summed E-state index contributed by atoms with van der Waals surface area (Å²) in [5, 5.41) is 11.4. The van der Waals surface area contributed by atoms with Crippen LogP contribution in [0.4, 0.5) is 4.39 Å². The van der Waals surface area contributed by atoms with E-state index < -0.39 is 0 Å². The van der Waals surface area contributed by atoms with E-state index in [2.05, 4.69) is 15.6 Å². The van der Waals surface area contributed by atoms with Gasteiger partial charge in [0.1, 0.15) is 5.82 Å². The third-order valence-electron chi connectivity index (χ3n) is 2.79. The maximum atomic E-state index is 12.9.